The Labute approximate surface area is 176 Å². The van der Waals surface area contributed by atoms with E-state index in [4.69, 9.17) is 16.3 Å². The van der Waals surface area contributed by atoms with E-state index in [9.17, 15) is 13.2 Å². The van der Waals surface area contributed by atoms with Crippen LogP contribution in [-0.4, -0.2) is 45.2 Å². The second-order valence-corrected chi connectivity index (χ2v) is 10.3. The van der Waals surface area contributed by atoms with Gasteiger partial charge in [0.2, 0.25) is 0 Å². The van der Waals surface area contributed by atoms with Crippen LogP contribution in [0.4, 0.5) is 10.5 Å². The van der Waals surface area contributed by atoms with E-state index in [0.717, 1.165) is 10.4 Å². The van der Waals surface area contributed by atoms with Gasteiger partial charge in [0.15, 0.2) is 15.3 Å². The van der Waals surface area contributed by atoms with E-state index in [1.165, 1.54) is 30.1 Å². The van der Waals surface area contributed by atoms with Gasteiger partial charge in [-0.3, -0.25) is 0 Å². The second kappa shape index (κ2) is 6.92. The molecule has 154 valence electrons. The van der Waals surface area contributed by atoms with Gasteiger partial charge in [-0.15, -0.1) is 5.69 Å². The summed E-state index contributed by atoms with van der Waals surface area (Å²) in [6.07, 6.45) is 0.828. The first kappa shape index (κ1) is 20.0. The molecule has 29 heavy (non-hydrogen) atoms. The molecule has 0 unspecified atom stereocenters. The van der Waals surface area contributed by atoms with Gasteiger partial charge in [-0.05, 0) is 26.8 Å². The number of fused-ring (bicyclic) bond motifs is 2. The summed E-state index contributed by atoms with van der Waals surface area (Å²) in [5.74, 6) is 0.734. The maximum absolute atomic E-state index is 12.8. The Kier molecular flexibility index (Phi) is 4.79. The van der Waals surface area contributed by atoms with Crippen molar-refractivity contribution >= 4 is 56.1 Å². The largest absolute Gasteiger partial charge is 0.571 e. The van der Waals surface area contributed by atoms with Gasteiger partial charge in [0.05, 0.1) is 11.7 Å². The number of nitrogens with zero attached hydrogens (tertiary/aromatic N) is 5. The van der Waals surface area contributed by atoms with Crippen LogP contribution >= 0.6 is 23.4 Å². The number of thioether (sulfide) groups is 1. The SMILES string of the molecule is CC(C)(C)OC(=O)n1ncc2cc([N-]S(=O)(=O)c3c(Cl)nc4n3CCS4)ccc21. The van der Waals surface area contributed by atoms with E-state index in [1.54, 1.807) is 31.4 Å². The molecule has 0 N–H and O–H groups in total. The third-order valence-electron chi connectivity index (χ3n) is 3.98. The van der Waals surface area contributed by atoms with Crippen LogP contribution in [0.15, 0.2) is 34.6 Å². The van der Waals surface area contributed by atoms with Crippen molar-refractivity contribution < 1.29 is 17.9 Å². The van der Waals surface area contributed by atoms with Gasteiger partial charge in [0, 0.05) is 17.7 Å². The lowest BCUT2D eigenvalue weighted by Gasteiger charge is -2.22. The van der Waals surface area contributed by atoms with Crippen LogP contribution in [0.5, 0.6) is 0 Å². The molecule has 0 saturated heterocycles. The summed E-state index contributed by atoms with van der Waals surface area (Å²) >= 11 is 7.49. The molecule has 9 nitrogen and oxygen atoms in total. The topological polar surface area (TPSA) is 110 Å². The molecule has 0 aliphatic carbocycles. The maximum atomic E-state index is 12.8. The van der Waals surface area contributed by atoms with Crippen molar-refractivity contribution in [3.8, 4) is 0 Å². The molecule has 1 aliphatic heterocycles. The number of aromatic nitrogens is 4. The maximum Gasteiger partial charge on any atom is 0.435 e. The van der Waals surface area contributed by atoms with Crippen LogP contribution in [0.25, 0.3) is 15.6 Å². The Bertz CT molecular complexity index is 1230. The Balaban J connectivity index is 1.64. The van der Waals surface area contributed by atoms with Crippen molar-refractivity contribution in [1.29, 1.82) is 0 Å². The number of halogens is 1. The fourth-order valence-electron chi connectivity index (χ4n) is 2.88. The third-order valence-corrected chi connectivity index (χ3v) is 6.67. The van der Waals surface area contributed by atoms with Gasteiger partial charge >= 0.3 is 6.09 Å². The van der Waals surface area contributed by atoms with Crippen LogP contribution in [0.2, 0.25) is 5.15 Å². The Hall–Kier alpha value is -2.24. The molecule has 0 atom stereocenters. The minimum absolute atomic E-state index is 0.0882. The summed E-state index contributed by atoms with van der Waals surface area (Å²) in [5, 5.41) is 4.96. The third kappa shape index (κ3) is 3.81. The van der Waals surface area contributed by atoms with E-state index >= 15 is 0 Å². The van der Waals surface area contributed by atoms with Crippen molar-refractivity contribution in [3.05, 3.63) is 34.3 Å². The average molecular weight is 455 g/mol. The zero-order valence-corrected chi connectivity index (χ0v) is 18.2. The lowest BCUT2D eigenvalue weighted by molar-refractivity contribution is 0.0522. The summed E-state index contributed by atoms with van der Waals surface area (Å²) in [5.41, 5.74) is 0.00988. The molecule has 3 aromatic rings. The molecule has 0 spiro atoms. The average Bonchev–Trinajstić information content (AvgIpc) is 3.25. The van der Waals surface area contributed by atoms with Gasteiger partial charge in [0.25, 0.3) is 0 Å². The predicted octanol–water partition coefficient (Wildman–Crippen LogP) is 4.17. The summed E-state index contributed by atoms with van der Waals surface area (Å²) in [4.78, 5) is 16.4. The van der Waals surface area contributed by atoms with Crippen LogP contribution in [0, 0.1) is 0 Å². The highest BCUT2D eigenvalue weighted by atomic mass is 35.5. The highest BCUT2D eigenvalue weighted by Crippen LogP contribution is 2.38. The molecule has 0 bridgehead atoms. The van der Waals surface area contributed by atoms with Gasteiger partial charge in [-0.2, -0.15) is 9.78 Å². The van der Waals surface area contributed by atoms with Gasteiger partial charge < -0.3 is 14.0 Å². The smallest absolute Gasteiger partial charge is 0.435 e. The number of sulfonamides is 1. The number of imidazole rings is 1. The molecule has 4 rings (SSSR count). The molecule has 1 aromatic carbocycles. The first-order valence-electron chi connectivity index (χ1n) is 8.63. The molecule has 0 fully saturated rings. The molecule has 0 amide bonds. The summed E-state index contributed by atoms with van der Waals surface area (Å²) < 4.78 is 37.6. The zero-order chi connectivity index (χ0) is 21.0. The van der Waals surface area contributed by atoms with Crippen LogP contribution in [-0.2, 0) is 21.3 Å². The van der Waals surface area contributed by atoms with Crippen molar-refractivity contribution in [1.82, 2.24) is 19.3 Å². The summed E-state index contributed by atoms with van der Waals surface area (Å²) in [6, 6.07) is 4.59. The Morgan fingerprint density at radius 1 is 1.34 bits per heavy atom. The number of carbonyl (C=O) groups is 1. The summed E-state index contributed by atoms with van der Waals surface area (Å²) in [7, 11) is -4.07. The number of ether oxygens (including phenoxy) is 1. The van der Waals surface area contributed by atoms with Crippen LogP contribution in [0.3, 0.4) is 0 Å². The monoisotopic (exact) mass is 454 g/mol. The molecular formula is C17H17ClN5O4S2-. The standard InChI is InChI=1S/C17H17ClN5O4S2/c1-17(2,3)27-16(24)23-12-5-4-11(8-10(12)9-19-23)21-29(25,26)14-13(18)20-15-22(14)6-7-28-15/h4-5,8-9H,6-7H2,1-3H3/q-1. The van der Waals surface area contributed by atoms with Gasteiger partial charge in [-0.25, -0.2) is 18.2 Å². The molecule has 1 aliphatic rings. The van der Waals surface area contributed by atoms with Crippen molar-refractivity contribution in [2.75, 3.05) is 5.75 Å². The van der Waals surface area contributed by atoms with Crippen molar-refractivity contribution in [2.24, 2.45) is 0 Å². The highest BCUT2D eigenvalue weighted by molar-refractivity contribution is 7.99. The fourth-order valence-corrected chi connectivity index (χ4v) is 5.61. The number of hydrogen-bond acceptors (Lipinski definition) is 7. The van der Waals surface area contributed by atoms with Gasteiger partial charge in [-0.1, -0.05) is 35.5 Å². The van der Waals surface area contributed by atoms with Crippen LogP contribution in [0.1, 0.15) is 20.8 Å². The fraction of sp³-hybridized carbons (Fsp3) is 0.353. The number of rotatable bonds is 3. The van der Waals surface area contributed by atoms with E-state index in [0.29, 0.717) is 22.6 Å². The molecule has 0 saturated carbocycles. The number of benzene rings is 1. The minimum atomic E-state index is -4.07. The van der Waals surface area contributed by atoms with E-state index in [-0.39, 0.29) is 15.9 Å². The first-order valence-corrected chi connectivity index (χ1v) is 11.4. The molecule has 2 aromatic heterocycles. The van der Waals surface area contributed by atoms with Crippen molar-refractivity contribution in [2.45, 2.75) is 43.1 Å². The summed E-state index contributed by atoms with van der Waals surface area (Å²) in [6.45, 7) is 5.78. The Morgan fingerprint density at radius 2 is 2.10 bits per heavy atom. The van der Waals surface area contributed by atoms with Crippen molar-refractivity contribution in [3.63, 3.8) is 0 Å². The van der Waals surface area contributed by atoms with E-state index < -0.39 is 21.7 Å². The minimum Gasteiger partial charge on any atom is -0.571 e. The number of hydrogen-bond donors (Lipinski definition) is 0. The normalized spacial score (nSPS) is 14.2. The molecule has 0 radical (unpaired) electrons. The molecule has 12 heteroatoms. The quantitative estimate of drug-likeness (QED) is 0.583. The molecular weight excluding hydrogens is 438 g/mol. The van der Waals surface area contributed by atoms with E-state index in [1.807, 2.05) is 0 Å². The van der Waals surface area contributed by atoms with Crippen LogP contribution < -0.4 is 0 Å². The Morgan fingerprint density at radius 3 is 2.83 bits per heavy atom. The van der Waals surface area contributed by atoms with Gasteiger partial charge in [0.1, 0.15) is 15.6 Å². The lowest BCUT2D eigenvalue weighted by atomic mass is 10.2. The lowest BCUT2D eigenvalue weighted by Crippen LogP contribution is -2.27. The number of carbonyl (C=O) groups excluding carboxylic acids is 1. The first-order chi connectivity index (χ1) is 13.5. The molecule has 3 heterocycles. The highest BCUT2D eigenvalue weighted by Gasteiger charge is 2.26. The predicted molar refractivity (Wildman–Crippen MR) is 110 cm³/mol. The zero-order valence-electron chi connectivity index (χ0n) is 15.8. The van der Waals surface area contributed by atoms with E-state index in [2.05, 4.69) is 14.8 Å². The second-order valence-electron chi connectivity index (χ2n) is 7.34.